The second kappa shape index (κ2) is 8.49. The van der Waals surface area contributed by atoms with Crippen molar-refractivity contribution in [2.75, 3.05) is 17.2 Å². The number of imidazole rings is 1. The molecule has 28 heavy (non-hydrogen) atoms. The third-order valence-electron chi connectivity index (χ3n) is 3.91. The predicted molar refractivity (Wildman–Crippen MR) is 111 cm³/mol. The molecule has 9 heteroatoms. The van der Waals surface area contributed by atoms with Crippen LogP contribution in [0.4, 0.5) is 5.69 Å². The molecule has 0 aliphatic carbocycles. The number of amides is 1. The van der Waals surface area contributed by atoms with E-state index in [0.717, 1.165) is 11.9 Å². The van der Waals surface area contributed by atoms with E-state index in [1.807, 2.05) is 36.6 Å². The van der Waals surface area contributed by atoms with E-state index in [4.69, 9.17) is 0 Å². The third kappa shape index (κ3) is 4.73. The Morgan fingerprint density at radius 2 is 1.79 bits per heavy atom. The number of para-hydroxylation sites is 2. The van der Waals surface area contributed by atoms with Gasteiger partial charge in [-0.2, -0.15) is 0 Å². The van der Waals surface area contributed by atoms with Crippen LogP contribution >= 0.6 is 11.8 Å². The van der Waals surface area contributed by atoms with E-state index >= 15 is 0 Å². The summed E-state index contributed by atoms with van der Waals surface area (Å²) in [5, 5.41) is 3.55. The molecule has 2 N–H and O–H groups in total. The summed E-state index contributed by atoms with van der Waals surface area (Å²) in [5.74, 6) is -0.300. The first kappa shape index (κ1) is 20.0. The molecule has 0 fully saturated rings. The van der Waals surface area contributed by atoms with Gasteiger partial charge in [0.05, 0.1) is 18.1 Å². The molecule has 1 aromatic heterocycles. The molecule has 2 aromatic carbocycles. The van der Waals surface area contributed by atoms with Gasteiger partial charge in [0.2, 0.25) is 10.0 Å². The Labute approximate surface area is 168 Å². The highest BCUT2D eigenvalue weighted by Gasteiger charge is 2.18. The molecule has 3 rings (SSSR count). The second-order valence-corrected chi connectivity index (χ2v) is 8.54. The van der Waals surface area contributed by atoms with Crippen LogP contribution in [0, 0.1) is 0 Å². The maximum atomic E-state index is 12.8. The Bertz CT molecular complexity index is 1080. The molecule has 0 radical (unpaired) electrons. The number of thioether (sulfide) groups is 1. The van der Waals surface area contributed by atoms with E-state index in [-0.39, 0.29) is 12.5 Å². The van der Waals surface area contributed by atoms with E-state index in [0.29, 0.717) is 22.1 Å². The summed E-state index contributed by atoms with van der Waals surface area (Å²) < 4.78 is 27.3. The first-order chi connectivity index (χ1) is 13.4. The van der Waals surface area contributed by atoms with Crippen molar-refractivity contribution in [3.63, 3.8) is 0 Å². The molecule has 7 nitrogen and oxygen atoms in total. The monoisotopic (exact) mass is 416 g/mol. The van der Waals surface area contributed by atoms with Gasteiger partial charge >= 0.3 is 0 Å². The van der Waals surface area contributed by atoms with E-state index in [9.17, 15) is 13.2 Å². The first-order valence-electron chi connectivity index (χ1n) is 8.40. The van der Waals surface area contributed by atoms with Gasteiger partial charge in [-0.15, -0.1) is 0 Å². The van der Waals surface area contributed by atoms with Crippen molar-refractivity contribution in [3.8, 4) is 5.69 Å². The van der Waals surface area contributed by atoms with Crippen molar-refractivity contribution in [1.29, 1.82) is 0 Å². The van der Waals surface area contributed by atoms with Crippen molar-refractivity contribution < 1.29 is 13.2 Å². The van der Waals surface area contributed by atoms with Crippen molar-refractivity contribution >= 4 is 33.4 Å². The molecule has 0 saturated carbocycles. The number of nitrogens with zero attached hydrogens (tertiary/aromatic N) is 2. The number of hydrogen-bond acceptors (Lipinski definition) is 5. The van der Waals surface area contributed by atoms with Crippen LogP contribution in [0.15, 0.2) is 66.0 Å². The molecule has 0 aliphatic heterocycles. The first-order valence-corrected chi connectivity index (χ1v) is 11.5. The minimum atomic E-state index is -3.41. The van der Waals surface area contributed by atoms with Gasteiger partial charge in [0, 0.05) is 12.2 Å². The lowest BCUT2D eigenvalue weighted by atomic mass is 10.2. The second-order valence-electron chi connectivity index (χ2n) is 6.02. The van der Waals surface area contributed by atoms with E-state index in [1.54, 1.807) is 28.8 Å². The largest absolute Gasteiger partial charge is 0.347 e. The Morgan fingerprint density at radius 1 is 1.11 bits per heavy atom. The van der Waals surface area contributed by atoms with Gasteiger partial charge in [0.15, 0.2) is 5.16 Å². The number of nitrogens with one attached hydrogen (secondary N) is 2. The van der Waals surface area contributed by atoms with Gasteiger partial charge in [0.1, 0.15) is 5.69 Å². The zero-order valence-corrected chi connectivity index (χ0v) is 17.0. The minimum Gasteiger partial charge on any atom is -0.347 e. The van der Waals surface area contributed by atoms with E-state index in [1.165, 1.54) is 18.0 Å². The van der Waals surface area contributed by atoms with Crippen LogP contribution in [0.3, 0.4) is 0 Å². The summed E-state index contributed by atoms with van der Waals surface area (Å²) in [6.07, 6.45) is 4.52. The Morgan fingerprint density at radius 3 is 2.46 bits per heavy atom. The van der Waals surface area contributed by atoms with Crippen molar-refractivity contribution in [2.24, 2.45) is 0 Å². The van der Waals surface area contributed by atoms with E-state index in [2.05, 4.69) is 15.0 Å². The number of carbonyl (C=O) groups excluding carboxylic acids is 1. The Balaban J connectivity index is 1.83. The number of benzene rings is 2. The van der Waals surface area contributed by atoms with Crippen molar-refractivity contribution in [1.82, 2.24) is 14.9 Å². The summed E-state index contributed by atoms with van der Waals surface area (Å²) in [4.78, 5) is 17.1. The average Bonchev–Trinajstić information content (AvgIpc) is 3.11. The SMILES string of the molecule is CSc1ncc(C(=O)NCc2ccccc2NS(C)(=O)=O)n1-c1ccccc1. The van der Waals surface area contributed by atoms with Crippen LogP contribution in [-0.4, -0.2) is 36.4 Å². The molecule has 3 aromatic rings. The van der Waals surface area contributed by atoms with Crippen LogP contribution in [-0.2, 0) is 16.6 Å². The highest BCUT2D eigenvalue weighted by Crippen LogP contribution is 2.22. The summed E-state index contributed by atoms with van der Waals surface area (Å²) in [5.41, 5.74) is 2.35. The molecule has 0 spiro atoms. The van der Waals surface area contributed by atoms with Gasteiger partial charge in [0.25, 0.3) is 5.91 Å². The van der Waals surface area contributed by atoms with Crippen LogP contribution in [0.25, 0.3) is 5.69 Å². The van der Waals surface area contributed by atoms with Gasteiger partial charge in [-0.25, -0.2) is 13.4 Å². The van der Waals surface area contributed by atoms with Crippen LogP contribution in [0.5, 0.6) is 0 Å². The average molecular weight is 417 g/mol. The fraction of sp³-hybridized carbons (Fsp3) is 0.158. The fourth-order valence-electron chi connectivity index (χ4n) is 2.71. The lowest BCUT2D eigenvalue weighted by Gasteiger charge is -2.13. The van der Waals surface area contributed by atoms with Crippen molar-refractivity contribution in [3.05, 3.63) is 72.1 Å². The number of aromatic nitrogens is 2. The lowest BCUT2D eigenvalue weighted by Crippen LogP contribution is -2.26. The number of carbonyl (C=O) groups is 1. The van der Waals surface area contributed by atoms with Crippen LogP contribution < -0.4 is 10.0 Å². The molecule has 0 unspecified atom stereocenters. The molecule has 1 heterocycles. The van der Waals surface area contributed by atoms with E-state index < -0.39 is 10.0 Å². The summed E-state index contributed by atoms with van der Waals surface area (Å²) in [6.45, 7) is 0.173. The zero-order valence-electron chi connectivity index (χ0n) is 15.4. The molecule has 0 bridgehead atoms. The molecular formula is C19H20N4O3S2. The molecule has 0 aliphatic rings. The van der Waals surface area contributed by atoms with Gasteiger partial charge in [-0.05, 0) is 30.0 Å². The van der Waals surface area contributed by atoms with Crippen LogP contribution in [0.2, 0.25) is 0 Å². The van der Waals surface area contributed by atoms with Crippen LogP contribution in [0.1, 0.15) is 16.1 Å². The lowest BCUT2D eigenvalue weighted by molar-refractivity contribution is 0.0943. The Hall–Kier alpha value is -2.78. The number of rotatable bonds is 7. The highest BCUT2D eigenvalue weighted by atomic mass is 32.2. The number of hydrogen-bond donors (Lipinski definition) is 2. The molecular weight excluding hydrogens is 396 g/mol. The fourth-order valence-corrected chi connectivity index (χ4v) is 3.85. The number of sulfonamides is 1. The van der Waals surface area contributed by atoms with Gasteiger partial charge in [-0.3, -0.25) is 14.1 Å². The standard InChI is InChI=1S/C19H20N4O3S2/c1-27-19-21-13-17(23(19)15-9-4-3-5-10-15)18(24)20-12-14-8-6-7-11-16(14)22-28(2,25)26/h3-11,13,22H,12H2,1-2H3,(H,20,24). The highest BCUT2D eigenvalue weighted by molar-refractivity contribution is 7.98. The summed E-state index contributed by atoms with van der Waals surface area (Å²) in [7, 11) is -3.41. The molecule has 0 saturated heterocycles. The topological polar surface area (TPSA) is 93.1 Å². The normalized spacial score (nSPS) is 11.2. The molecule has 0 atom stereocenters. The number of anilines is 1. The minimum absolute atomic E-state index is 0.173. The smallest absolute Gasteiger partial charge is 0.270 e. The van der Waals surface area contributed by atoms with Crippen molar-refractivity contribution in [2.45, 2.75) is 11.7 Å². The molecule has 146 valence electrons. The maximum absolute atomic E-state index is 12.8. The Kier molecular flexibility index (Phi) is 6.05. The summed E-state index contributed by atoms with van der Waals surface area (Å²) >= 11 is 1.45. The summed E-state index contributed by atoms with van der Waals surface area (Å²) in [6, 6.07) is 16.4. The quantitative estimate of drug-likeness (QED) is 0.578. The van der Waals surface area contributed by atoms with Gasteiger partial charge < -0.3 is 5.32 Å². The maximum Gasteiger partial charge on any atom is 0.270 e. The zero-order chi connectivity index (χ0) is 20.1. The third-order valence-corrected chi connectivity index (χ3v) is 5.16. The molecule has 1 amide bonds. The van der Waals surface area contributed by atoms with Gasteiger partial charge in [-0.1, -0.05) is 48.2 Å². The predicted octanol–water partition coefficient (Wildman–Crippen LogP) is 2.90.